The smallest absolute Gasteiger partial charge is 0.0685 e. The molecular weight excluding hydrogens is 224 g/mol. The normalized spacial score (nSPS) is 29.7. The van der Waals surface area contributed by atoms with E-state index in [1.165, 1.54) is 38.5 Å². The molecule has 1 heterocycles. The maximum absolute atomic E-state index is 10.1. The summed E-state index contributed by atoms with van der Waals surface area (Å²) in [5.41, 5.74) is 0.193. The predicted octanol–water partition coefficient (Wildman–Crippen LogP) is 3.91. The summed E-state index contributed by atoms with van der Waals surface area (Å²) in [6.07, 6.45) is 10.7. The van der Waals surface area contributed by atoms with Gasteiger partial charge in [0, 0.05) is 6.61 Å². The molecule has 1 spiro atoms. The van der Waals surface area contributed by atoms with E-state index in [9.17, 15) is 5.11 Å². The third kappa shape index (κ3) is 3.96. The zero-order valence-electron chi connectivity index (χ0n) is 12.2. The van der Waals surface area contributed by atoms with Gasteiger partial charge in [0.1, 0.15) is 0 Å². The largest absolute Gasteiger partial charge is 0.393 e. The van der Waals surface area contributed by atoms with Crippen LogP contribution in [0.2, 0.25) is 0 Å². The molecule has 2 unspecified atom stereocenters. The first-order valence-electron chi connectivity index (χ1n) is 7.92. The maximum Gasteiger partial charge on any atom is 0.0685 e. The van der Waals surface area contributed by atoms with Crippen LogP contribution in [0.15, 0.2) is 0 Å². The number of aliphatic hydroxyl groups excluding tert-OH is 1. The van der Waals surface area contributed by atoms with Gasteiger partial charge in [-0.15, -0.1) is 0 Å². The minimum atomic E-state index is -0.103. The molecular formula is C16H30O2. The van der Waals surface area contributed by atoms with Crippen molar-refractivity contribution in [3.8, 4) is 0 Å². The quantitative estimate of drug-likeness (QED) is 0.824. The molecule has 1 saturated carbocycles. The molecule has 2 heteroatoms. The van der Waals surface area contributed by atoms with Crippen LogP contribution in [-0.2, 0) is 4.74 Å². The molecule has 18 heavy (non-hydrogen) atoms. The Kier molecular flexibility index (Phi) is 5.08. The zero-order chi connectivity index (χ0) is 13.0. The van der Waals surface area contributed by atoms with E-state index < -0.39 is 0 Å². The van der Waals surface area contributed by atoms with E-state index in [0.717, 1.165) is 25.9 Å². The Morgan fingerprint density at radius 3 is 2.61 bits per heavy atom. The maximum atomic E-state index is 10.1. The van der Waals surface area contributed by atoms with E-state index in [4.69, 9.17) is 4.74 Å². The molecule has 1 N–H and O–H groups in total. The fourth-order valence-electron chi connectivity index (χ4n) is 3.90. The summed E-state index contributed by atoms with van der Waals surface area (Å²) in [7, 11) is 0. The Morgan fingerprint density at radius 1 is 1.22 bits per heavy atom. The summed E-state index contributed by atoms with van der Waals surface area (Å²) in [5, 5.41) is 10.1. The van der Waals surface area contributed by atoms with Crippen molar-refractivity contribution in [3.05, 3.63) is 0 Å². The van der Waals surface area contributed by atoms with Crippen LogP contribution in [0, 0.1) is 11.8 Å². The van der Waals surface area contributed by atoms with Crippen LogP contribution in [0.4, 0.5) is 0 Å². The summed E-state index contributed by atoms with van der Waals surface area (Å²) >= 11 is 0. The van der Waals surface area contributed by atoms with E-state index in [0.29, 0.717) is 11.8 Å². The SMILES string of the molecule is CC(C)CC(O)CC1CCOC2(CCCCC2)C1. The van der Waals surface area contributed by atoms with Crippen molar-refractivity contribution in [2.45, 2.75) is 83.3 Å². The summed E-state index contributed by atoms with van der Waals surface area (Å²) in [6, 6.07) is 0. The Bertz CT molecular complexity index is 238. The van der Waals surface area contributed by atoms with E-state index in [-0.39, 0.29) is 11.7 Å². The molecule has 2 fully saturated rings. The van der Waals surface area contributed by atoms with Gasteiger partial charge < -0.3 is 9.84 Å². The Morgan fingerprint density at radius 2 is 1.94 bits per heavy atom. The van der Waals surface area contributed by atoms with Gasteiger partial charge in [0.15, 0.2) is 0 Å². The second kappa shape index (κ2) is 6.38. The van der Waals surface area contributed by atoms with Gasteiger partial charge in [-0.05, 0) is 50.4 Å². The molecule has 2 rings (SSSR count). The fraction of sp³-hybridized carbons (Fsp3) is 1.00. The van der Waals surface area contributed by atoms with Crippen molar-refractivity contribution >= 4 is 0 Å². The van der Waals surface area contributed by atoms with Crippen LogP contribution < -0.4 is 0 Å². The average molecular weight is 254 g/mol. The minimum absolute atomic E-state index is 0.103. The van der Waals surface area contributed by atoms with Crippen LogP contribution >= 0.6 is 0 Å². The first-order valence-corrected chi connectivity index (χ1v) is 7.92. The summed E-state index contributed by atoms with van der Waals surface area (Å²) in [5.74, 6) is 1.29. The molecule has 1 aliphatic carbocycles. The fourth-order valence-corrected chi connectivity index (χ4v) is 3.90. The monoisotopic (exact) mass is 254 g/mol. The van der Waals surface area contributed by atoms with Gasteiger partial charge in [-0.2, -0.15) is 0 Å². The molecule has 0 aromatic heterocycles. The lowest BCUT2D eigenvalue weighted by Gasteiger charge is -2.44. The average Bonchev–Trinajstić information content (AvgIpc) is 2.28. The van der Waals surface area contributed by atoms with Gasteiger partial charge in [0.25, 0.3) is 0 Å². The van der Waals surface area contributed by atoms with Crippen molar-refractivity contribution in [3.63, 3.8) is 0 Å². The molecule has 0 amide bonds. The topological polar surface area (TPSA) is 29.5 Å². The van der Waals surface area contributed by atoms with E-state index >= 15 is 0 Å². The molecule has 0 aromatic rings. The molecule has 2 aliphatic rings. The van der Waals surface area contributed by atoms with Crippen molar-refractivity contribution in [2.75, 3.05) is 6.61 Å². The van der Waals surface area contributed by atoms with Gasteiger partial charge in [-0.25, -0.2) is 0 Å². The molecule has 1 aliphatic heterocycles. The molecule has 1 saturated heterocycles. The Hall–Kier alpha value is -0.0800. The molecule has 0 aromatic carbocycles. The van der Waals surface area contributed by atoms with Gasteiger partial charge in [-0.3, -0.25) is 0 Å². The third-order valence-corrected chi connectivity index (χ3v) is 4.71. The Labute approximate surface area is 112 Å². The van der Waals surface area contributed by atoms with E-state index in [2.05, 4.69) is 13.8 Å². The van der Waals surface area contributed by atoms with E-state index in [1.54, 1.807) is 0 Å². The molecule has 2 atom stereocenters. The van der Waals surface area contributed by atoms with Crippen LogP contribution in [0.1, 0.15) is 71.6 Å². The molecule has 0 bridgehead atoms. The number of rotatable bonds is 4. The number of hydrogen-bond donors (Lipinski definition) is 1. The van der Waals surface area contributed by atoms with Crippen molar-refractivity contribution in [1.82, 2.24) is 0 Å². The molecule has 106 valence electrons. The third-order valence-electron chi connectivity index (χ3n) is 4.71. The highest BCUT2D eigenvalue weighted by Crippen LogP contribution is 2.42. The highest BCUT2D eigenvalue weighted by molar-refractivity contribution is 4.90. The van der Waals surface area contributed by atoms with Gasteiger partial charge in [-0.1, -0.05) is 33.1 Å². The lowest BCUT2D eigenvalue weighted by molar-refractivity contribution is -0.122. The summed E-state index contributed by atoms with van der Waals surface area (Å²) in [6.45, 7) is 5.30. The van der Waals surface area contributed by atoms with Gasteiger partial charge in [0.2, 0.25) is 0 Å². The Balaban J connectivity index is 1.82. The van der Waals surface area contributed by atoms with Crippen LogP contribution in [0.25, 0.3) is 0 Å². The second-order valence-electron chi connectivity index (χ2n) is 6.97. The number of aliphatic hydroxyl groups is 1. The minimum Gasteiger partial charge on any atom is -0.393 e. The van der Waals surface area contributed by atoms with Crippen molar-refractivity contribution in [1.29, 1.82) is 0 Å². The highest BCUT2D eigenvalue weighted by atomic mass is 16.5. The van der Waals surface area contributed by atoms with Crippen molar-refractivity contribution < 1.29 is 9.84 Å². The first-order chi connectivity index (χ1) is 8.60. The van der Waals surface area contributed by atoms with Crippen LogP contribution in [0.5, 0.6) is 0 Å². The van der Waals surface area contributed by atoms with Gasteiger partial charge >= 0.3 is 0 Å². The van der Waals surface area contributed by atoms with Crippen molar-refractivity contribution in [2.24, 2.45) is 11.8 Å². The van der Waals surface area contributed by atoms with E-state index in [1.807, 2.05) is 0 Å². The number of hydrogen-bond acceptors (Lipinski definition) is 2. The highest BCUT2D eigenvalue weighted by Gasteiger charge is 2.38. The second-order valence-corrected chi connectivity index (χ2v) is 6.97. The first kappa shape index (κ1) is 14.3. The number of ether oxygens (including phenoxy) is 1. The summed E-state index contributed by atoms with van der Waals surface area (Å²) in [4.78, 5) is 0. The predicted molar refractivity (Wildman–Crippen MR) is 74.6 cm³/mol. The lowest BCUT2D eigenvalue weighted by Crippen LogP contribution is -2.42. The molecule has 0 radical (unpaired) electrons. The summed E-state index contributed by atoms with van der Waals surface area (Å²) < 4.78 is 6.12. The van der Waals surface area contributed by atoms with Gasteiger partial charge in [0.05, 0.1) is 11.7 Å². The molecule has 2 nitrogen and oxygen atoms in total. The van der Waals surface area contributed by atoms with Crippen LogP contribution in [0.3, 0.4) is 0 Å². The lowest BCUT2D eigenvalue weighted by atomic mass is 9.74. The van der Waals surface area contributed by atoms with Crippen LogP contribution in [-0.4, -0.2) is 23.4 Å². The zero-order valence-corrected chi connectivity index (χ0v) is 12.2. The standard InChI is InChI=1S/C16H30O2/c1-13(2)10-15(17)11-14-6-9-18-16(12-14)7-4-3-5-8-16/h13-15,17H,3-12H2,1-2H3.